The van der Waals surface area contributed by atoms with Crippen molar-refractivity contribution in [1.29, 1.82) is 0 Å². The third-order valence-corrected chi connectivity index (χ3v) is 5.65. The molecule has 0 spiro atoms. The first kappa shape index (κ1) is 23.0. The molecule has 180 valence electrons. The molecule has 0 aliphatic carbocycles. The summed E-state index contributed by atoms with van der Waals surface area (Å²) in [4.78, 5) is 9.65. The van der Waals surface area contributed by atoms with Crippen molar-refractivity contribution in [2.24, 2.45) is 0 Å². The maximum atomic E-state index is 5.91. The summed E-state index contributed by atoms with van der Waals surface area (Å²) in [6.45, 7) is 0. The van der Waals surface area contributed by atoms with E-state index in [9.17, 15) is 0 Å². The van der Waals surface area contributed by atoms with Gasteiger partial charge in [0.25, 0.3) is 0 Å². The first-order chi connectivity index (χ1) is 17.7. The second kappa shape index (κ2) is 10.2. The molecule has 0 aliphatic heterocycles. The van der Waals surface area contributed by atoms with Gasteiger partial charge < -0.3 is 24.3 Å². The maximum Gasteiger partial charge on any atom is 0.162 e. The Hall–Kier alpha value is -4.78. The number of hydrogen-bond acceptors (Lipinski definition) is 7. The van der Waals surface area contributed by atoms with Crippen molar-refractivity contribution in [3.8, 4) is 40.1 Å². The zero-order valence-corrected chi connectivity index (χ0v) is 20.2. The van der Waals surface area contributed by atoms with Crippen LogP contribution in [0.2, 0.25) is 0 Å². The van der Waals surface area contributed by atoms with Crippen molar-refractivity contribution in [3.63, 3.8) is 0 Å². The van der Waals surface area contributed by atoms with E-state index >= 15 is 0 Å². The third-order valence-electron chi connectivity index (χ3n) is 5.65. The van der Waals surface area contributed by atoms with Gasteiger partial charge in [-0.05, 0) is 66.7 Å². The number of hydrogen-bond donors (Lipinski definition) is 1. The quantitative estimate of drug-likeness (QED) is 0.261. The van der Waals surface area contributed by atoms with Crippen molar-refractivity contribution in [1.82, 2.24) is 9.97 Å². The van der Waals surface area contributed by atoms with E-state index in [1.807, 2.05) is 91.0 Å². The summed E-state index contributed by atoms with van der Waals surface area (Å²) in [5.74, 6) is 4.70. The number of ether oxygens (including phenoxy) is 4. The summed E-state index contributed by atoms with van der Waals surface area (Å²) in [6.07, 6.45) is 0. The number of methoxy groups -OCH3 is 3. The van der Waals surface area contributed by atoms with Gasteiger partial charge >= 0.3 is 0 Å². The summed E-state index contributed by atoms with van der Waals surface area (Å²) in [5.41, 5.74) is 2.44. The second-order valence-corrected chi connectivity index (χ2v) is 7.91. The fourth-order valence-corrected chi connectivity index (χ4v) is 3.79. The lowest BCUT2D eigenvalue weighted by Gasteiger charge is -2.14. The van der Waals surface area contributed by atoms with E-state index in [4.69, 9.17) is 28.9 Å². The summed E-state index contributed by atoms with van der Waals surface area (Å²) in [6, 6.07) is 28.7. The average molecular weight is 480 g/mol. The molecule has 1 N–H and O–H groups in total. The minimum absolute atomic E-state index is 0.573. The first-order valence-corrected chi connectivity index (χ1v) is 11.3. The van der Waals surface area contributed by atoms with Crippen LogP contribution in [-0.2, 0) is 0 Å². The van der Waals surface area contributed by atoms with Gasteiger partial charge in [-0.2, -0.15) is 0 Å². The number of nitrogens with one attached hydrogen (secondary N) is 1. The van der Waals surface area contributed by atoms with E-state index in [1.165, 1.54) is 0 Å². The lowest BCUT2D eigenvalue weighted by atomic mass is 10.1. The number of nitrogens with zero attached hydrogens (tertiary/aromatic N) is 2. The monoisotopic (exact) mass is 479 g/mol. The van der Waals surface area contributed by atoms with Crippen LogP contribution in [-0.4, -0.2) is 31.3 Å². The SMILES string of the molecule is COc1ccc(-c2nc(Nc3ccc(Oc4ccccc4)cc3)c3cc(OC)c(OC)cc3n2)cc1. The number of aromatic nitrogens is 2. The minimum Gasteiger partial charge on any atom is -0.497 e. The molecule has 7 nitrogen and oxygen atoms in total. The van der Waals surface area contributed by atoms with Crippen LogP contribution in [0.5, 0.6) is 28.7 Å². The molecule has 4 aromatic carbocycles. The Morgan fingerprint density at radius 1 is 0.611 bits per heavy atom. The van der Waals surface area contributed by atoms with Gasteiger partial charge in [0.05, 0.1) is 26.8 Å². The van der Waals surface area contributed by atoms with Crippen molar-refractivity contribution >= 4 is 22.4 Å². The van der Waals surface area contributed by atoms with E-state index in [0.717, 1.165) is 39.4 Å². The van der Waals surface area contributed by atoms with Crippen LogP contribution < -0.4 is 24.3 Å². The van der Waals surface area contributed by atoms with Crippen LogP contribution in [0.15, 0.2) is 91.0 Å². The van der Waals surface area contributed by atoms with Crippen molar-refractivity contribution < 1.29 is 18.9 Å². The highest BCUT2D eigenvalue weighted by molar-refractivity contribution is 5.94. The Balaban J connectivity index is 1.53. The Bertz CT molecular complexity index is 1470. The molecule has 0 unspecified atom stereocenters. The minimum atomic E-state index is 0.573. The molecule has 5 aromatic rings. The number of anilines is 2. The zero-order chi connectivity index (χ0) is 24.9. The molecule has 7 heteroatoms. The van der Waals surface area contributed by atoms with Gasteiger partial charge in [-0.15, -0.1) is 0 Å². The topological polar surface area (TPSA) is 74.7 Å². The molecule has 0 amide bonds. The lowest BCUT2D eigenvalue weighted by Crippen LogP contribution is -2.01. The lowest BCUT2D eigenvalue weighted by molar-refractivity contribution is 0.356. The summed E-state index contributed by atoms with van der Waals surface area (Å²) in [7, 11) is 4.85. The third kappa shape index (κ3) is 4.86. The van der Waals surface area contributed by atoms with Crippen molar-refractivity contribution in [2.75, 3.05) is 26.6 Å². The van der Waals surface area contributed by atoms with E-state index < -0.39 is 0 Å². The van der Waals surface area contributed by atoms with Gasteiger partial charge in [-0.3, -0.25) is 0 Å². The summed E-state index contributed by atoms with van der Waals surface area (Å²) in [5, 5.41) is 4.23. The fourth-order valence-electron chi connectivity index (χ4n) is 3.79. The largest absolute Gasteiger partial charge is 0.497 e. The number of para-hydroxylation sites is 1. The van der Waals surface area contributed by atoms with E-state index in [-0.39, 0.29) is 0 Å². The Morgan fingerprint density at radius 2 is 1.25 bits per heavy atom. The van der Waals surface area contributed by atoms with E-state index in [1.54, 1.807) is 21.3 Å². The zero-order valence-electron chi connectivity index (χ0n) is 20.2. The van der Waals surface area contributed by atoms with Crippen LogP contribution in [0.3, 0.4) is 0 Å². The molecule has 5 rings (SSSR count). The predicted molar refractivity (Wildman–Crippen MR) is 141 cm³/mol. The number of fused-ring (bicyclic) bond motifs is 1. The van der Waals surface area contributed by atoms with Gasteiger partial charge in [-0.1, -0.05) is 18.2 Å². The highest BCUT2D eigenvalue weighted by Crippen LogP contribution is 2.36. The summed E-state index contributed by atoms with van der Waals surface area (Å²) < 4.78 is 22.2. The highest BCUT2D eigenvalue weighted by Gasteiger charge is 2.15. The van der Waals surface area contributed by atoms with Crippen molar-refractivity contribution in [2.45, 2.75) is 0 Å². The molecule has 0 saturated carbocycles. The second-order valence-electron chi connectivity index (χ2n) is 7.91. The van der Waals surface area contributed by atoms with Crippen LogP contribution in [0.1, 0.15) is 0 Å². The Morgan fingerprint density at radius 3 is 1.92 bits per heavy atom. The van der Waals surface area contributed by atoms with E-state index in [2.05, 4.69) is 5.32 Å². The number of benzene rings is 4. The molecule has 0 atom stereocenters. The van der Waals surface area contributed by atoms with Crippen LogP contribution >= 0.6 is 0 Å². The summed E-state index contributed by atoms with van der Waals surface area (Å²) >= 11 is 0. The first-order valence-electron chi connectivity index (χ1n) is 11.3. The highest BCUT2D eigenvalue weighted by atomic mass is 16.5. The molecule has 0 saturated heterocycles. The van der Waals surface area contributed by atoms with Gasteiger partial charge in [-0.25, -0.2) is 9.97 Å². The number of rotatable bonds is 8. The Kier molecular flexibility index (Phi) is 6.53. The van der Waals surface area contributed by atoms with Crippen molar-refractivity contribution in [3.05, 3.63) is 91.0 Å². The Labute approximate surface area is 209 Å². The van der Waals surface area contributed by atoms with Gasteiger partial charge in [0.1, 0.15) is 23.1 Å². The fraction of sp³-hybridized carbons (Fsp3) is 0.103. The molecule has 0 fully saturated rings. The van der Waals surface area contributed by atoms with Crippen LogP contribution in [0.4, 0.5) is 11.5 Å². The standard InChI is InChI=1S/C29H25N3O4/c1-33-21-13-9-19(10-14-21)28-31-25-18-27(35-3)26(34-2)17-24(25)29(32-28)30-20-11-15-23(16-12-20)36-22-7-5-4-6-8-22/h4-18H,1-3H3,(H,30,31,32). The smallest absolute Gasteiger partial charge is 0.162 e. The predicted octanol–water partition coefficient (Wildman–Crippen LogP) is 6.86. The van der Waals surface area contributed by atoms with Crippen LogP contribution in [0, 0.1) is 0 Å². The molecular formula is C29H25N3O4. The van der Waals surface area contributed by atoms with Gasteiger partial charge in [0, 0.05) is 22.7 Å². The molecule has 0 radical (unpaired) electrons. The molecule has 1 heterocycles. The van der Waals surface area contributed by atoms with Gasteiger partial charge in [0.15, 0.2) is 17.3 Å². The molecule has 36 heavy (non-hydrogen) atoms. The van der Waals surface area contributed by atoms with E-state index in [0.29, 0.717) is 23.1 Å². The van der Waals surface area contributed by atoms with Gasteiger partial charge in [0.2, 0.25) is 0 Å². The normalized spacial score (nSPS) is 10.6. The maximum absolute atomic E-state index is 5.91. The molecule has 0 aliphatic rings. The molecule has 1 aromatic heterocycles. The molecular weight excluding hydrogens is 454 g/mol. The average Bonchev–Trinajstić information content (AvgIpc) is 2.94. The van der Waals surface area contributed by atoms with Crippen LogP contribution in [0.25, 0.3) is 22.3 Å². The molecule has 0 bridgehead atoms.